The summed E-state index contributed by atoms with van der Waals surface area (Å²) < 4.78 is 0. The Morgan fingerprint density at radius 1 is 0.556 bits per heavy atom. The van der Waals surface area contributed by atoms with Crippen LogP contribution < -0.4 is 0 Å². The van der Waals surface area contributed by atoms with Crippen LogP contribution in [0.5, 0.6) is 0 Å². The summed E-state index contributed by atoms with van der Waals surface area (Å²) in [5.41, 5.74) is 0. The molecule has 0 unspecified atom stereocenters. The Morgan fingerprint density at radius 2 is 0.778 bits per heavy atom. The van der Waals surface area contributed by atoms with Crippen LogP contribution in [-0.2, 0) is 19.2 Å². The maximum Gasteiger partial charge on any atom is 0.335 e. The third kappa shape index (κ3) is 11.0. The van der Waals surface area contributed by atoms with Crippen LogP contribution in [0.25, 0.3) is 0 Å². The summed E-state index contributed by atoms with van der Waals surface area (Å²) in [5, 5.41) is 85.4. The van der Waals surface area contributed by atoms with Crippen LogP contribution in [0.2, 0.25) is 0 Å². The topological polar surface area (TPSA) is 271 Å². The fourth-order valence-electron chi connectivity index (χ4n) is 1.21. The zero-order valence-electron chi connectivity index (χ0n) is 13.7. The van der Waals surface area contributed by atoms with E-state index >= 15 is 0 Å². The second-order valence-corrected chi connectivity index (χ2v) is 4.69. The van der Waals surface area contributed by atoms with Gasteiger partial charge in [0, 0.05) is 37.7 Å². The smallest absolute Gasteiger partial charge is 0.335 e. The van der Waals surface area contributed by atoms with Gasteiger partial charge in [0.15, 0.2) is 23.8 Å². The first-order valence-corrected chi connectivity index (χ1v) is 6.64. The molecule has 2 radical (unpaired) electrons. The van der Waals surface area contributed by atoms with Gasteiger partial charge in [-0.05, 0) is 0 Å². The Labute approximate surface area is 180 Å². The number of hydrogen-bond donors (Lipinski definition) is 10. The molecule has 0 rings (SSSR count). The Hall–Kier alpha value is -0.780. The van der Waals surface area contributed by atoms with Gasteiger partial charge in [-0.25, -0.2) is 9.59 Å². The molecule has 27 heavy (non-hydrogen) atoms. The molecule has 0 aromatic heterocycles. The molecule has 0 saturated heterocycles. The van der Waals surface area contributed by atoms with E-state index in [4.69, 9.17) is 51.1 Å². The number of aliphatic hydroxyl groups is 8. The largest absolute Gasteiger partial charge is 0.479 e. The standard InChI is InChI=1S/2C6H10O7.Ca/c2*7-1-2(8)3(9)4(10)5(11)6(12)13;/h2*3-5,7,9-11H,1H2,(H,12,13);/t2*3-,4+,5-;/m11./s1. The molecular formula is C12H20CaO14. The van der Waals surface area contributed by atoms with Crippen molar-refractivity contribution in [2.75, 3.05) is 13.2 Å². The molecule has 10 N–H and O–H groups in total. The van der Waals surface area contributed by atoms with Gasteiger partial charge in [-0.3, -0.25) is 9.59 Å². The van der Waals surface area contributed by atoms with Crippen LogP contribution >= 0.6 is 0 Å². The zero-order valence-corrected chi connectivity index (χ0v) is 15.9. The molecule has 6 atom stereocenters. The maximum absolute atomic E-state index is 10.5. The molecule has 15 heteroatoms. The van der Waals surface area contributed by atoms with Crippen LogP contribution in [0.1, 0.15) is 0 Å². The minimum absolute atomic E-state index is 0. The number of aliphatic hydroxyl groups excluding tert-OH is 8. The quantitative estimate of drug-likeness (QED) is 0.145. The van der Waals surface area contributed by atoms with E-state index in [0.717, 1.165) is 0 Å². The van der Waals surface area contributed by atoms with E-state index in [2.05, 4.69) is 0 Å². The summed E-state index contributed by atoms with van der Waals surface area (Å²) >= 11 is 0. The van der Waals surface area contributed by atoms with Crippen molar-refractivity contribution in [2.45, 2.75) is 36.6 Å². The fourth-order valence-corrected chi connectivity index (χ4v) is 1.21. The van der Waals surface area contributed by atoms with E-state index in [-0.39, 0.29) is 37.7 Å². The fraction of sp³-hybridized carbons (Fsp3) is 0.667. The molecule has 0 heterocycles. The van der Waals surface area contributed by atoms with Gasteiger partial charge in [0.2, 0.25) is 0 Å². The molecule has 0 saturated carbocycles. The third-order valence-corrected chi connectivity index (χ3v) is 2.77. The van der Waals surface area contributed by atoms with Crippen LogP contribution in [0.4, 0.5) is 0 Å². The normalized spacial score (nSPS) is 16.9. The number of carbonyl (C=O) groups excluding carboxylic acids is 2. The summed E-state index contributed by atoms with van der Waals surface area (Å²) in [6.07, 6.45) is -13.0. The van der Waals surface area contributed by atoms with Crippen LogP contribution in [0.15, 0.2) is 0 Å². The minimum Gasteiger partial charge on any atom is -0.479 e. The molecule has 0 aromatic rings. The SMILES string of the molecule is O=C(CO)[C@@H](O)[C@H](O)[C@@H](O)C(=O)O.O=C(CO)[C@@H](O)[C@H](O)[C@@H](O)C(=O)O.[Ca]. The van der Waals surface area contributed by atoms with Crippen LogP contribution in [0, 0.1) is 0 Å². The average Bonchev–Trinajstić information content (AvgIpc) is 2.62. The number of carboxylic acids is 2. The Bertz CT molecular complexity index is 452. The number of hydrogen-bond acceptors (Lipinski definition) is 12. The number of carboxylic acid groups (broad SMARTS) is 2. The Kier molecular flexibility index (Phi) is 17.4. The summed E-state index contributed by atoms with van der Waals surface area (Å²) in [5.74, 6) is -5.85. The second kappa shape index (κ2) is 15.2. The Morgan fingerprint density at radius 3 is 0.926 bits per heavy atom. The van der Waals surface area contributed by atoms with Crippen molar-refractivity contribution >= 4 is 61.2 Å². The van der Waals surface area contributed by atoms with Gasteiger partial charge in [0.25, 0.3) is 0 Å². The number of ketones is 2. The van der Waals surface area contributed by atoms with Gasteiger partial charge in [-0.15, -0.1) is 0 Å². The van der Waals surface area contributed by atoms with E-state index in [1.807, 2.05) is 0 Å². The first-order chi connectivity index (χ1) is 11.8. The summed E-state index contributed by atoms with van der Waals surface area (Å²) in [7, 11) is 0. The number of rotatable bonds is 10. The number of carbonyl (C=O) groups is 4. The second-order valence-electron chi connectivity index (χ2n) is 4.69. The molecule has 14 nitrogen and oxygen atoms in total. The van der Waals surface area contributed by atoms with Gasteiger partial charge in [0.1, 0.15) is 37.6 Å². The van der Waals surface area contributed by atoms with E-state index < -0.39 is 73.3 Å². The van der Waals surface area contributed by atoms with Crippen molar-refractivity contribution in [1.29, 1.82) is 0 Å². The maximum atomic E-state index is 10.5. The van der Waals surface area contributed by atoms with E-state index in [9.17, 15) is 19.2 Å². The van der Waals surface area contributed by atoms with Gasteiger partial charge in [0.05, 0.1) is 0 Å². The molecule has 0 fully saturated rings. The zero-order chi connectivity index (χ0) is 21.2. The van der Waals surface area contributed by atoms with Crippen LogP contribution in [-0.4, -0.2) is 162 Å². The van der Waals surface area contributed by atoms with Gasteiger partial charge in [-0.2, -0.15) is 0 Å². The van der Waals surface area contributed by atoms with Crippen molar-refractivity contribution in [3.05, 3.63) is 0 Å². The van der Waals surface area contributed by atoms with Gasteiger partial charge < -0.3 is 51.1 Å². The molecular weight excluding hydrogens is 408 g/mol. The molecule has 0 aliphatic carbocycles. The number of Topliss-reactive ketones (excluding diaryl/α,β-unsaturated/α-hetero) is 2. The molecule has 154 valence electrons. The monoisotopic (exact) mass is 428 g/mol. The predicted molar refractivity (Wildman–Crippen MR) is 81.3 cm³/mol. The first-order valence-electron chi connectivity index (χ1n) is 6.64. The van der Waals surface area contributed by atoms with E-state index in [1.54, 1.807) is 0 Å². The molecule has 0 aromatic carbocycles. The van der Waals surface area contributed by atoms with Crippen molar-refractivity contribution in [3.63, 3.8) is 0 Å². The van der Waals surface area contributed by atoms with Crippen LogP contribution in [0.3, 0.4) is 0 Å². The van der Waals surface area contributed by atoms with Gasteiger partial charge >= 0.3 is 11.9 Å². The minimum atomic E-state index is -2.26. The molecule has 0 amide bonds. The number of aliphatic carboxylic acids is 2. The summed E-state index contributed by atoms with van der Waals surface area (Å²) in [6, 6.07) is 0. The predicted octanol–water partition coefficient (Wildman–Crippen LogP) is -6.95. The van der Waals surface area contributed by atoms with Gasteiger partial charge in [-0.1, -0.05) is 0 Å². The van der Waals surface area contributed by atoms with E-state index in [0.29, 0.717) is 0 Å². The van der Waals surface area contributed by atoms with Crippen molar-refractivity contribution in [1.82, 2.24) is 0 Å². The molecule has 0 spiro atoms. The van der Waals surface area contributed by atoms with Crippen molar-refractivity contribution < 1.29 is 70.2 Å². The molecule has 0 aliphatic rings. The summed E-state index contributed by atoms with van der Waals surface area (Å²) in [6.45, 7) is -2.07. The van der Waals surface area contributed by atoms with Crippen molar-refractivity contribution in [2.24, 2.45) is 0 Å². The van der Waals surface area contributed by atoms with E-state index in [1.165, 1.54) is 0 Å². The van der Waals surface area contributed by atoms with Crippen molar-refractivity contribution in [3.8, 4) is 0 Å². The molecule has 0 bridgehead atoms. The first kappa shape index (κ1) is 30.9. The Balaban J connectivity index is -0.000000411. The molecule has 0 aliphatic heterocycles. The third-order valence-electron chi connectivity index (χ3n) is 2.77. The summed E-state index contributed by atoms with van der Waals surface area (Å²) in [4.78, 5) is 41.2. The average molecular weight is 428 g/mol.